The lowest BCUT2D eigenvalue weighted by atomic mass is 10.2. The second-order valence-electron chi connectivity index (χ2n) is 3.43. The Hall–Kier alpha value is -1.04. The van der Waals surface area contributed by atoms with Crippen molar-refractivity contribution in [2.24, 2.45) is 11.6 Å². The van der Waals surface area contributed by atoms with Gasteiger partial charge in [-0.15, -0.1) is 0 Å². The predicted octanol–water partition coefficient (Wildman–Crippen LogP) is 0.974. The van der Waals surface area contributed by atoms with Crippen LogP contribution in [0.15, 0.2) is 30.3 Å². The van der Waals surface area contributed by atoms with E-state index in [2.05, 4.69) is 0 Å². The van der Waals surface area contributed by atoms with Crippen LogP contribution in [0.2, 0.25) is 0 Å². The van der Waals surface area contributed by atoms with Crippen molar-refractivity contribution in [3.05, 3.63) is 30.3 Å². The van der Waals surface area contributed by atoms with Crippen LogP contribution in [-0.2, 0) is 4.79 Å². The summed E-state index contributed by atoms with van der Waals surface area (Å²) in [6.45, 7) is 0. The van der Waals surface area contributed by atoms with Gasteiger partial charge in [0.1, 0.15) is 0 Å². The minimum atomic E-state index is -0.530. The molecule has 0 aliphatic carbocycles. The van der Waals surface area contributed by atoms with Gasteiger partial charge in [-0.05, 0) is 30.6 Å². The van der Waals surface area contributed by atoms with E-state index in [4.69, 9.17) is 11.6 Å². The van der Waals surface area contributed by atoms with Crippen LogP contribution in [-0.4, -0.2) is 24.0 Å². The monoisotopic (exact) mass is 239 g/mol. The minimum absolute atomic E-state index is 0.250. The van der Waals surface area contributed by atoms with Gasteiger partial charge in [-0.1, -0.05) is 18.2 Å². The molecule has 4 N–H and O–H groups in total. The first-order valence-electron chi connectivity index (χ1n) is 5.05. The lowest BCUT2D eigenvalue weighted by Gasteiger charge is -2.20. The summed E-state index contributed by atoms with van der Waals surface area (Å²) in [7, 11) is 0. The van der Waals surface area contributed by atoms with Gasteiger partial charge in [0, 0.05) is 0 Å². The van der Waals surface area contributed by atoms with Crippen LogP contribution in [0.25, 0.3) is 0 Å². The Balaban J connectivity index is 2.60. The van der Waals surface area contributed by atoms with E-state index in [0.717, 1.165) is 10.8 Å². The first-order valence-corrected chi connectivity index (χ1v) is 6.44. The van der Waals surface area contributed by atoms with E-state index in [0.29, 0.717) is 12.1 Å². The summed E-state index contributed by atoms with van der Waals surface area (Å²) in [5, 5.41) is 1.12. The number of nitrogens with zero attached hydrogens (tertiary/aromatic N) is 1. The summed E-state index contributed by atoms with van der Waals surface area (Å²) >= 11 is 1.66. The Morgan fingerprint density at radius 2 is 2.06 bits per heavy atom. The van der Waals surface area contributed by atoms with E-state index in [1.165, 1.54) is 0 Å². The summed E-state index contributed by atoms with van der Waals surface area (Å²) < 4.78 is 0. The highest BCUT2D eigenvalue weighted by atomic mass is 32.2. The third-order valence-corrected chi connectivity index (χ3v) is 2.87. The Labute approximate surface area is 100.0 Å². The number of para-hydroxylation sites is 1. The van der Waals surface area contributed by atoms with Gasteiger partial charge in [-0.2, -0.15) is 11.8 Å². The smallest absolute Gasteiger partial charge is 0.258 e. The largest absolute Gasteiger partial charge is 0.320 e. The number of benzene rings is 1. The zero-order valence-corrected chi connectivity index (χ0v) is 10.1. The fourth-order valence-electron chi connectivity index (χ4n) is 1.26. The quantitative estimate of drug-likeness (QED) is 0.456. The first-order chi connectivity index (χ1) is 7.66. The normalized spacial score (nSPS) is 12.2. The zero-order chi connectivity index (χ0) is 12.0. The molecule has 1 amide bonds. The molecular weight excluding hydrogens is 222 g/mol. The van der Waals surface area contributed by atoms with E-state index in [1.54, 1.807) is 23.9 Å². The van der Waals surface area contributed by atoms with Gasteiger partial charge in [0.25, 0.3) is 5.91 Å². The summed E-state index contributed by atoms with van der Waals surface area (Å²) in [5.74, 6) is 6.32. The summed E-state index contributed by atoms with van der Waals surface area (Å²) in [6, 6.07) is 8.55. The second kappa shape index (κ2) is 6.52. The number of carbonyl (C=O) groups is 1. The van der Waals surface area contributed by atoms with Crippen LogP contribution in [0, 0.1) is 0 Å². The minimum Gasteiger partial charge on any atom is -0.320 e. The number of rotatable bonds is 5. The van der Waals surface area contributed by atoms with Crippen LogP contribution in [0.4, 0.5) is 5.69 Å². The van der Waals surface area contributed by atoms with Crippen molar-refractivity contribution in [1.82, 2.24) is 0 Å². The molecule has 1 aromatic rings. The number of amides is 1. The second-order valence-corrected chi connectivity index (χ2v) is 4.42. The van der Waals surface area contributed by atoms with Gasteiger partial charge in [-0.3, -0.25) is 4.79 Å². The van der Waals surface area contributed by atoms with Crippen molar-refractivity contribution in [1.29, 1.82) is 0 Å². The molecule has 0 aliphatic heterocycles. The maximum atomic E-state index is 11.8. The SMILES string of the molecule is CSCC[C@H](N)C(=O)N(N)c1ccccc1. The fourth-order valence-corrected chi connectivity index (χ4v) is 1.75. The van der Waals surface area contributed by atoms with E-state index >= 15 is 0 Å². The van der Waals surface area contributed by atoms with Crippen LogP contribution in [0.3, 0.4) is 0 Å². The van der Waals surface area contributed by atoms with Gasteiger partial charge in [0.05, 0.1) is 11.7 Å². The van der Waals surface area contributed by atoms with Gasteiger partial charge < -0.3 is 5.73 Å². The van der Waals surface area contributed by atoms with Crippen LogP contribution in [0.1, 0.15) is 6.42 Å². The molecule has 0 aromatic heterocycles. The maximum absolute atomic E-state index is 11.8. The topological polar surface area (TPSA) is 72.4 Å². The summed E-state index contributed by atoms with van der Waals surface area (Å²) in [5.41, 5.74) is 6.42. The Morgan fingerprint density at radius 1 is 1.44 bits per heavy atom. The molecule has 0 saturated carbocycles. The molecule has 0 unspecified atom stereocenters. The van der Waals surface area contributed by atoms with Crippen molar-refractivity contribution >= 4 is 23.4 Å². The molecule has 0 spiro atoms. The van der Waals surface area contributed by atoms with Crippen molar-refractivity contribution in [2.45, 2.75) is 12.5 Å². The van der Waals surface area contributed by atoms with Crippen LogP contribution in [0.5, 0.6) is 0 Å². The highest BCUT2D eigenvalue weighted by Gasteiger charge is 2.19. The molecule has 16 heavy (non-hydrogen) atoms. The van der Waals surface area contributed by atoms with E-state index in [9.17, 15) is 4.79 Å². The number of hydrogen-bond acceptors (Lipinski definition) is 4. The first kappa shape index (κ1) is 13.0. The standard InChI is InChI=1S/C11H17N3OS/c1-16-8-7-10(12)11(15)14(13)9-5-3-2-4-6-9/h2-6,10H,7-8,12-13H2,1H3/t10-/m0/s1. The number of nitrogens with two attached hydrogens (primary N) is 2. The lowest BCUT2D eigenvalue weighted by molar-refractivity contribution is -0.119. The molecule has 1 rings (SSSR count). The molecule has 88 valence electrons. The summed E-state index contributed by atoms with van der Waals surface area (Å²) in [6.07, 6.45) is 2.62. The third-order valence-electron chi connectivity index (χ3n) is 2.22. The molecule has 0 aliphatic rings. The van der Waals surface area contributed by atoms with Crippen molar-refractivity contribution in [3.63, 3.8) is 0 Å². The molecule has 0 radical (unpaired) electrons. The van der Waals surface area contributed by atoms with Crippen molar-refractivity contribution in [3.8, 4) is 0 Å². The molecular formula is C11H17N3OS. The number of hydrogen-bond donors (Lipinski definition) is 2. The average molecular weight is 239 g/mol. The van der Waals surface area contributed by atoms with E-state index in [-0.39, 0.29) is 5.91 Å². The van der Waals surface area contributed by atoms with Gasteiger partial charge >= 0.3 is 0 Å². The molecule has 0 saturated heterocycles. The maximum Gasteiger partial charge on any atom is 0.258 e. The van der Waals surface area contributed by atoms with Gasteiger partial charge in [0.15, 0.2) is 0 Å². The lowest BCUT2D eigenvalue weighted by Crippen LogP contribution is -2.48. The molecule has 5 heteroatoms. The fraction of sp³-hybridized carbons (Fsp3) is 0.364. The summed E-state index contributed by atoms with van der Waals surface area (Å²) in [4.78, 5) is 11.8. The Kier molecular flexibility index (Phi) is 5.31. The number of anilines is 1. The highest BCUT2D eigenvalue weighted by molar-refractivity contribution is 7.98. The van der Waals surface area contributed by atoms with Crippen LogP contribution < -0.4 is 16.6 Å². The average Bonchev–Trinajstić information content (AvgIpc) is 2.35. The number of hydrazine groups is 1. The molecule has 0 heterocycles. The van der Waals surface area contributed by atoms with Crippen LogP contribution >= 0.6 is 11.8 Å². The van der Waals surface area contributed by atoms with E-state index in [1.807, 2.05) is 24.5 Å². The highest BCUT2D eigenvalue weighted by Crippen LogP contribution is 2.11. The van der Waals surface area contributed by atoms with Gasteiger partial charge in [0.2, 0.25) is 0 Å². The number of carbonyl (C=O) groups excluding carboxylic acids is 1. The zero-order valence-electron chi connectivity index (χ0n) is 9.30. The molecule has 0 bridgehead atoms. The molecule has 0 fully saturated rings. The van der Waals surface area contributed by atoms with Crippen molar-refractivity contribution < 1.29 is 4.79 Å². The van der Waals surface area contributed by atoms with E-state index < -0.39 is 6.04 Å². The molecule has 1 atom stereocenters. The predicted molar refractivity (Wildman–Crippen MR) is 69.1 cm³/mol. The third kappa shape index (κ3) is 3.52. The van der Waals surface area contributed by atoms with Gasteiger partial charge in [-0.25, -0.2) is 10.9 Å². The Bertz CT molecular complexity index is 331. The van der Waals surface area contributed by atoms with Crippen molar-refractivity contribution in [2.75, 3.05) is 17.0 Å². The number of thioether (sulfide) groups is 1. The molecule has 4 nitrogen and oxygen atoms in total. The Morgan fingerprint density at radius 3 is 2.62 bits per heavy atom. The molecule has 1 aromatic carbocycles.